The van der Waals surface area contributed by atoms with Gasteiger partial charge in [0.25, 0.3) is 0 Å². The molecule has 108 valence electrons. The molecule has 0 radical (unpaired) electrons. The van der Waals surface area contributed by atoms with Crippen molar-refractivity contribution in [1.29, 1.82) is 0 Å². The van der Waals surface area contributed by atoms with Crippen molar-refractivity contribution in [3.63, 3.8) is 0 Å². The van der Waals surface area contributed by atoms with Crippen LogP contribution in [0.25, 0.3) is 0 Å². The maximum Gasteiger partial charge on any atom is 0.0630 e. The van der Waals surface area contributed by atoms with Crippen molar-refractivity contribution in [2.24, 2.45) is 11.3 Å². The summed E-state index contributed by atoms with van der Waals surface area (Å²) in [7, 11) is 0. The molecule has 1 heterocycles. The Hall–Kier alpha value is 0.170. The van der Waals surface area contributed by atoms with Crippen molar-refractivity contribution < 1.29 is 0 Å². The van der Waals surface area contributed by atoms with Gasteiger partial charge in [-0.2, -0.15) is 5.10 Å². The highest BCUT2D eigenvalue weighted by Gasteiger charge is 2.39. The summed E-state index contributed by atoms with van der Waals surface area (Å²) in [4.78, 5) is 0. The fourth-order valence-corrected chi connectivity index (χ4v) is 5.39. The molecule has 2 rings (SSSR count). The largest absolute Gasteiger partial charge is 0.270 e. The number of hydrogen-bond acceptors (Lipinski definition) is 1. The predicted octanol–water partition coefficient (Wildman–Crippen LogP) is 4.97. The van der Waals surface area contributed by atoms with E-state index in [-0.39, 0.29) is 0 Å². The zero-order chi connectivity index (χ0) is 13.9. The van der Waals surface area contributed by atoms with Crippen LogP contribution in [0, 0.1) is 11.3 Å². The minimum absolute atomic E-state index is 0.326. The molecule has 1 aliphatic rings. The van der Waals surface area contributed by atoms with Crippen molar-refractivity contribution in [3.05, 3.63) is 18.0 Å². The third-order valence-corrected chi connectivity index (χ3v) is 6.71. The van der Waals surface area contributed by atoms with Crippen LogP contribution in [-0.2, 0) is 6.42 Å². The summed E-state index contributed by atoms with van der Waals surface area (Å²) in [6.07, 6.45) is 8.74. The van der Waals surface area contributed by atoms with Crippen LogP contribution >= 0.6 is 31.9 Å². The molecule has 1 aromatic rings. The Morgan fingerprint density at radius 1 is 1.32 bits per heavy atom. The molecule has 0 bridgehead atoms. The van der Waals surface area contributed by atoms with Gasteiger partial charge < -0.3 is 0 Å². The molecule has 0 aromatic carbocycles. The highest BCUT2D eigenvalue weighted by atomic mass is 79.9. The molecule has 0 amide bonds. The molecule has 0 saturated heterocycles. The van der Waals surface area contributed by atoms with Gasteiger partial charge in [0, 0.05) is 22.9 Å². The van der Waals surface area contributed by atoms with Crippen molar-refractivity contribution in [2.75, 3.05) is 10.7 Å². The summed E-state index contributed by atoms with van der Waals surface area (Å²) in [6.45, 7) is 4.35. The number of aromatic nitrogens is 2. The van der Waals surface area contributed by atoms with E-state index < -0.39 is 0 Å². The van der Waals surface area contributed by atoms with E-state index in [9.17, 15) is 0 Å². The zero-order valence-electron chi connectivity index (χ0n) is 11.9. The van der Waals surface area contributed by atoms with Gasteiger partial charge >= 0.3 is 0 Å². The third-order valence-electron chi connectivity index (χ3n) is 4.48. The highest BCUT2D eigenvalue weighted by molar-refractivity contribution is 9.09. The zero-order valence-corrected chi connectivity index (χ0v) is 15.1. The minimum Gasteiger partial charge on any atom is -0.270 e. The van der Waals surface area contributed by atoms with Gasteiger partial charge in [-0.25, -0.2) is 0 Å². The highest BCUT2D eigenvalue weighted by Crippen LogP contribution is 2.44. The second-order valence-electron chi connectivity index (χ2n) is 6.17. The van der Waals surface area contributed by atoms with Crippen molar-refractivity contribution in [1.82, 2.24) is 9.78 Å². The lowest BCUT2D eigenvalue weighted by Gasteiger charge is -2.36. The first kappa shape index (κ1) is 15.6. The molecule has 1 saturated carbocycles. The van der Waals surface area contributed by atoms with Gasteiger partial charge in [-0.3, -0.25) is 4.68 Å². The van der Waals surface area contributed by atoms with Crippen molar-refractivity contribution in [2.45, 2.75) is 52.0 Å². The number of alkyl halides is 2. The predicted molar refractivity (Wildman–Crippen MR) is 88.3 cm³/mol. The summed E-state index contributed by atoms with van der Waals surface area (Å²) in [5.41, 5.74) is 1.56. The van der Waals surface area contributed by atoms with Crippen LogP contribution in [-0.4, -0.2) is 20.4 Å². The van der Waals surface area contributed by atoms with Gasteiger partial charge in [0.2, 0.25) is 0 Å². The standard InChI is InChI=1S/C15H24Br2N2/c1-12(2)19-8-7-14(18-19)9-15(10-16,11-17)13-5-3-4-6-13/h7-8,12-13H,3-6,9-11H2,1-2H3. The van der Waals surface area contributed by atoms with Gasteiger partial charge in [0.15, 0.2) is 0 Å². The molecule has 0 spiro atoms. The molecule has 0 atom stereocenters. The molecular weight excluding hydrogens is 368 g/mol. The molecule has 1 aliphatic carbocycles. The fourth-order valence-electron chi connectivity index (χ4n) is 3.15. The van der Waals surface area contributed by atoms with Crippen LogP contribution in [0.15, 0.2) is 12.3 Å². The maximum absolute atomic E-state index is 4.74. The Morgan fingerprint density at radius 2 is 1.95 bits per heavy atom. The molecule has 1 aromatic heterocycles. The number of nitrogens with zero attached hydrogens (tertiary/aromatic N) is 2. The molecule has 19 heavy (non-hydrogen) atoms. The van der Waals surface area contributed by atoms with Crippen LogP contribution in [0.3, 0.4) is 0 Å². The van der Waals surface area contributed by atoms with E-state index in [0.29, 0.717) is 11.5 Å². The van der Waals surface area contributed by atoms with Crippen LogP contribution in [0.4, 0.5) is 0 Å². The van der Waals surface area contributed by atoms with Crippen molar-refractivity contribution in [3.8, 4) is 0 Å². The summed E-state index contributed by atoms with van der Waals surface area (Å²) in [5.74, 6) is 0.829. The Bertz CT molecular complexity index is 391. The third kappa shape index (κ3) is 3.44. The molecule has 1 fully saturated rings. The van der Waals surface area contributed by atoms with Gasteiger partial charge in [-0.05, 0) is 50.5 Å². The maximum atomic E-state index is 4.74. The van der Waals surface area contributed by atoms with E-state index in [4.69, 9.17) is 5.10 Å². The first-order valence-corrected chi connectivity index (χ1v) is 9.51. The van der Waals surface area contributed by atoms with Gasteiger partial charge in [0.1, 0.15) is 0 Å². The van der Waals surface area contributed by atoms with E-state index in [1.165, 1.54) is 31.4 Å². The van der Waals surface area contributed by atoms with Gasteiger partial charge in [0.05, 0.1) is 5.69 Å². The lowest BCUT2D eigenvalue weighted by Crippen LogP contribution is -2.35. The van der Waals surface area contributed by atoms with E-state index in [1.807, 2.05) is 0 Å². The monoisotopic (exact) mass is 390 g/mol. The molecule has 0 aliphatic heterocycles. The lowest BCUT2D eigenvalue weighted by molar-refractivity contribution is 0.230. The SMILES string of the molecule is CC(C)n1ccc(CC(CBr)(CBr)C2CCCC2)n1. The fraction of sp³-hybridized carbons (Fsp3) is 0.800. The van der Waals surface area contributed by atoms with Crippen LogP contribution in [0.2, 0.25) is 0 Å². The topological polar surface area (TPSA) is 17.8 Å². The van der Waals surface area contributed by atoms with Crippen LogP contribution in [0.1, 0.15) is 51.3 Å². The average Bonchev–Trinajstić information content (AvgIpc) is 3.07. The summed E-state index contributed by atoms with van der Waals surface area (Å²) < 4.78 is 2.07. The van der Waals surface area contributed by atoms with E-state index in [0.717, 1.165) is 23.0 Å². The Kier molecular flexibility index (Phi) is 5.53. The average molecular weight is 392 g/mol. The van der Waals surface area contributed by atoms with Crippen molar-refractivity contribution >= 4 is 31.9 Å². The second kappa shape index (κ2) is 6.75. The number of rotatable bonds is 6. The summed E-state index contributed by atoms with van der Waals surface area (Å²) in [6, 6.07) is 2.64. The quantitative estimate of drug-likeness (QED) is 0.625. The minimum atomic E-state index is 0.326. The molecule has 4 heteroatoms. The van der Waals surface area contributed by atoms with Gasteiger partial charge in [-0.15, -0.1) is 0 Å². The number of hydrogen-bond donors (Lipinski definition) is 0. The van der Waals surface area contributed by atoms with Gasteiger partial charge in [-0.1, -0.05) is 44.7 Å². The smallest absolute Gasteiger partial charge is 0.0630 e. The molecular formula is C15H24Br2N2. The second-order valence-corrected chi connectivity index (χ2v) is 7.29. The Morgan fingerprint density at radius 3 is 2.42 bits per heavy atom. The number of halogens is 2. The molecule has 0 unspecified atom stereocenters. The molecule has 0 N–H and O–H groups in total. The van der Waals surface area contributed by atoms with Crippen LogP contribution < -0.4 is 0 Å². The first-order valence-electron chi connectivity index (χ1n) is 7.27. The van der Waals surface area contributed by atoms with Crippen LogP contribution in [0.5, 0.6) is 0 Å². The van der Waals surface area contributed by atoms with E-state index in [1.54, 1.807) is 0 Å². The normalized spacial score (nSPS) is 17.5. The summed E-state index contributed by atoms with van der Waals surface area (Å²) >= 11 is 7.54. The lowest BCUT2D eigenvalue weighted by atomic mass is 9.74. The Balaban J connectivity index is 2.14. The van der Waals surface area contributed by atoms with E-state index >= 15 is 0 Å². The molecule has 2 nitrogen and oxygen atoms in total. The summed E-state index contributed by atoms with van der Waals surface area (Å²) in [5, 5.41) is 6.86. The first-order chi connectivity index (χ1) is 9.11. The Labute approximate surface area is 133 Å². The van der Waals surface area contributed by atoms with E-state index in [2.05, 4.69) is 62.7 Å².